The maximum atomic E-state index is 13.0. The van der Waals surface area contributed by atoms with Crippen LogP contribution in [-0.2, 0) is 19.2 Å². The highest BCUT2D eigenvalue weighted by Gasteiger charge is 2.59. The minimum absolute atomic E-state index is 0.142. The molecule has 0 radical (unpaired) electrons. The molecule has 4 aliphatic carbocycles. The molecule has 5 rings (SSSR count). The van der Waals surface area contributed by atoms with Crippen LogP contribution in [0.5, 0.6) is 0 Å². The molecule has 38 heavy (non-hydrogen) atoms. The first-order valence-electron chi connectivity index (χ1n) is 14.8. The van der Waals surface area contributed by atoms with Gasteiger partial charge in [0, 0.05) is 24.9 Å². The van der Waals surface area contributed by atoms with Gasteiger partial charge in [-0.15, -0.1) is 0 Å². The Hall–Kier alpha value is -2.22. The number of carbonyl (C=O) groups is 3. The van der Waals surface area contributed by atoms with Gasteiger partial charge in [-0.1, -0.05) is 24.6 Å². The number of nitrogens with zero attached hydrogens (tertiary/aromatic N) is 2. The van der Waals surface area contributed by atoms with Crippen LogP contribution in [0.4, 0.5) is 4.79 Å². The van der Waals surface area contributed by atoms with Gasteiger partial charge in [-0.05, 0) is 106 Å². The SMILES string of the molecule is C/C(=N\OC(=O)N(CCOC=O)CC1CCCN1)[C@H]1CC[C@H]2[C@@H]3CCC4=CC(=O)CC[C@]4(C)[C@H]3CC[C@]12C. The van der Waals surface area contributed by atoms with Crippen molar-refractivity contribution < 1.29 is 24.0 Å². The minimum Gasteiger partial charge on any atom is -0.466 e. The number of ether oxygens (including phenoxy) is 1. The fourth-order valence-corrected chi connectivity index (χ4v) is 9.12. The Bertz CT molecular complexity index is 988. The van der Waals surface area contributed by atoms with Gasteiger partial charge in [0.05, 0.1) is 12.3 Å². The minimum atomic E-state index is -0.484. The average molecular weight is 528 g/mol. The summed E-state index contributed by atoms with van der Waals surface area (Å²) >= 11 is 0. The van der Waals surface area contributed by atoms with E-state index < -0.39 is 6.09 Å². The van der Waals surface area contributed by atoms with Crippen molar-refractivity contribution >= 4 is 24.1 Å². The van der Waals surface area contributed by atoms with Crippen molar-refractivity contribution in [3.63, 3.8) is 0 Å². The number of fused-ring (bicyclic) bond motifs is 5. The lowest BCUT2D eigenvalue weighted by Crippen LogP contribution is -2.51. The molecule has 0 bridgehead atoms. The number of hydrogen-bond acceptors (Lipinski definition) is 7. The summed E-state index contributed by atoms with van der Waals surface area (Å²) in [5.74, 6) is 2.62. The van der Waals surface area contributed by atoms with Gasteiger partial charge >= 0.3 is 6.09 Å². The highest BCUT2D eigenvalue weighted by molar-refractivity contribution is 5.91. The molecule has 0 spiro atoms. The standard InChI is InChI=1S/C30H45N3O5/c1-20(32-38-28(36)33(15-16-37-19-34)18-22-5-4-14-31-22)25-8-9-26-24-7-6-21-17-23(35)10-12-29(21,2)27(24)11-13-30(25,26)3/h17,19,22,24-27,31H,4-16,18H2,1-3H3/b32-20+/t22?,24-,25+,26-,27-,29-,30+/m0/s1. The number of nitrogens with one attached hydrogen (secondary N) is 1. The van der Waals surface area contributed by atoms with Crippen molar-refractivity contribution in [1.29, 1.82) is 0 Å². The maximum Gasteiger partial charge on any atom is 0.436 e. The van der Waals surface area contributed by atoms with E-state index in [1.54, 1.807) is 4.90 Å². The van der Waals surface area contributed by atoms with Crippen molar-refractivity contribution in [2.24, 2.45) is 39.7 Å². The molecule has 1 heterocycles. The highest BCUT2D eigenvalue weighted by atomic mass is 16.7. The molecule has 1 N–H and O–H groups in total. The Balaban J connectivity index is 1.25. The van der Waals surface area contributed by atoms with E-state index in [9.17, 15) is 14.4 Å². The second-order valence-corrected chi connectivity index (χ2v) is 12.9. The number of oxime groups is 1. The van der Waals surface area contributed by atoms with Crippen LogP contribution in [-0.4, -0.2) is 61.2 Å². The lowest BCUT2D eigenvalue weighted by molar-refractivity contribution is -0.129. The lowest BCUT2D eigenvalue weighted by atomic mass is 9.46. The lowest BCUT2D eigenvalue weighted by Gasteiger charge is -2.58. The van der Waals surface area contributed by atoms with Crippen LogP contribution in [0.2, 0.25) is 0 Å². The smallest absolute Gasteiger partial charge is 0.436 e. The van der Waals surface area contributed by atoms with Gasteiger partial charge in [-0.2, -0.15) is 0 Å². The first-order chi connectivity index (χ1) is 18.3. The van der Waals surface area contributed by atoms with Crippen LogP contribution in [0.25, 0.3) is 0 Å². The van der Waals surface area contributed by atoms with Crippen LogP contribution in [0.15, 0.2) is 16.8 Å². The first kappa shape index (κ1) is 27.4. The molecule has 210 valence electrons. The zero-order valence-electron chi connectivity index (χ0n) is 23.4. The van der Waals surface area contributed by atoms with E-state index in [0.29, 0.717) is 48.9 Å². The Morgan fingerprint density at radius 3 is 2.76 bits per heavy atom. The molecular formula is C30H45N3O5. The summed E-state index contributed by atoms with van der Waals surface area (Å²) in [5.41, 5.74) is 2.67. The van der Waals surface area contributed by atoms with Crippen molar-refractivity contribution in [2.75, 3.05) is 26.2 Å². The van der Waals surface area contributed by atoms with E-state index in [0.717, 1.165) is 50.8 Å². The Morgan fingerprint density at radius 1 is 1.16 bits per heavy atom. The quantitative estimate of drug-likeness (QED) is 0.159. The predicted octanol–water partition coefficient (Wildman–Crippen LogP) is 4.87. The summed E-state index contributed by atoms with van der Waals surface area (Å²) in [6.45, 7) is 9.20. The first-order valence-corrected chi connectivity index (χ1v) is 14.8. The molecule has 0 aromatic carbocycles. The summed E-state index contributed by atoms with van der Waals surface area (Å²) in [5, 5.41) is 7.81. The van der Waals surface area contributed by atoms with E-state index in [4.69, 9.17) is 9.57 Å². The molecule has 8 nitrogen and oxygen atoms in total. The number of carbonyl (C=O) groups excluding carboxylic acids is 3. The zero-order valence-corrected chi connectivity index (χ0v) is 23.4. The molecule has 4 fully saturated rings. The molecule has 8 heteroatoms. The molecule has 3 saturated carbocycles. The molecular weight excluding hydrogens is 482 g/mol. The second-order valence-electron chi connectivity index (χ2n) is 12.9. The van der Waals surface area contributed by atoms with Crippen LogP contribution in [0, 0.1) is 34.5 Å². The second kappa shape index (κ2) is 11.1. The summed E-state index contributed by atoms with van der Waals surface area (Å²) < 4.78 is 4.84. The van der Waals surface area contributed by atoms with E-state index in [2.05, 4.69) is 24.3 Å². The molecule has 1 aliphatic heterocycles. The number of amides is 1. The third-order valence-electron chi connectivity index (χ3n) is 11.1. The van der Waals surface area contributed by atoms with Crippen molar-refractivity contribution in [2.45, 2.75) is 91.0 Å². The summed E-state index contributed by atoms with van der Waals surface area (Å²) in [7, 11) is 0. The van der Waals surface area contributed by atoms with E-state index >= 15 is 0 Å². The largest absolute Gasteiger partial charge is 0.466 e. The van der Waals surface area contributed by atoms with Crippen LogP contribution in [0.1, 0.15) is 85.0 Å². The number of hydrogen-bond donors (Lipinski definition) is 1. The van der Waals surface area contributed by atoms with Crippen molar-refractivity contribution in [3.05, 3.63) is 11.6 Å². The molecule has 0 aromatic heterocycles. The van der Waals surface area contributed by atoms with Gasteiger partial charge in [-0.25, -0.2) is 4.79 Å². The normalized spacial score (nSPS) is 38.5. The van der Waals surface area contributed by atoms with Gasteiger partial charge in [0.2, 0.25) is 0 Å². The molecule has 5 aliphatic rings. The summed E-state index contributed by atoms with van der Waals surface area (Å²) in [6.07, 6.45) is 12.2. The monoisotopic (exact) mass is 527 g/mol. The number of allylic oxidation sites excluding steroid dienone is 1. The predicted molar refractivity (Wildman–Crippen MR) is 144 cm³/mol. The van der Waals surface area contributed by atoms with E-state index in [-0.39, 0.29) is 30.0 Å². The number of rotatable bonds is 8. The molecule has 1 unspecified atom stereocenters. The van der Waals surface area contributed by atoms with Gasteiger partial charge in [-0.3, -0.25) is 14.4 Å². The van der Waals surface area contributed by atoms with Crippen LogP contribution in [0.3, 0.4) is 0 Å². The van der Waals surface area contributed by atoms with Crippen LogP contribution < -0.4 is 5.32 Å². The highest BCUT2D eigenvalue weighted by Crippen LogP contribution is 2.66. The third-order valence-corrected chi connectivity index (χ3v) is 11.1. The third kappa shape index (κ3) is 5.05. The molecule has 1 amide bonds. The van der Waals surface area contributed by atoms with E-state index in [1.807, 2.05) is 13.0 Å². The van der Waals surface area contributed by atoms with Crippen molar-refractivity contribution in [1.82, 2.24) is 10.2 Å². The molecule has 0 aromatic rings. The van der Waals surface area contributed by atoms with Gasteiger partial charge in [0.15, 0.2) is 5.78 Å². The van der Waals surface area contributed by atoms with Crippen LogP contribution >= 0.6 is 0 Å². The Labute approximate surface area is 226 Å². The van der Waals surface area contributed by atoms with Gasteiger partial charge in [0.25, 0.3) is 6.47 Å². The summed E-state index contributed by atoms with van der Waals surface area (Å²) in [4.78, 5) is 42.8. The molecule has 7 atom stereocenters. The summed E-state index contributed by atoms with van der Waals surface area (Å²) in [6, 6.07) is 0.226. The zero-order chi connectivity index (χ0) is 26.9. The molecule has 1 saturated heterocycles. The fourth-order valence-electron chi connectivity index (χ4n) is 9.12. The Morgan fingerprint density at radius 2 is 2.00 bits per heavy atom. The van der Waals surface area contributed by atoms with Gasteiger partial charge in [0.1, 0.15) is 6.61 Å². The topological polar surface area (TPSA) is 97.3 Å². The average Bonchev–Trinajstić information content (AvgIpc) is 3.54. The maximum absolute atomic E-state index is 13.0. The Kier molecular flexibility index (Phi) is 7.99. The fraction of sp³-hybridized carbons (Fsp3) is 0.800. The van der Waals surface area contributed by atoms with E-state index in [1.165, 1.54) is 24.8 Å². The van der Waals surface area contributed by atoms with Gasteiger partial charge < -0.3 is 15.0 Å². The number of ketones is 1. The van der Waals surface area contributed by atoms with Crippen molar-refractivity contribution in [3.8, 4) is 0 Å².